The molecule has 6 nitrogen and oxygen atoms in total. The Labute approximate surface area is 134 Å². The Hall–Kier alpha value is -0.690. The van der Waals surface area contributed by atoms with Crippen molar-refractivity contribution in [3.8, 4) is 0 Å². The number of unbranched alkanes of at least 4 members (excludes halogenated alkanes) is 3. The number of rotatable bonds is 12. The Kier molecular flexibility index (Phi) is 11.3. The third-order valence-electron chi connectivity index (χ3n) is 3.84. The fourth-order valence-corrected chi connectivity index (χ4v) is 2.33. The summed E-state index contributed by atoms with van der Waals surface area (Å²) in [7, 11) is 3.81. The first kappa shape index (κ1) is 19.4. The first-order chi connectivity index (χ1) is 10.7. The molecule has 0 aliphatic carbocycles. The van der Waals surface area contributed by atoms with Crippen LogP contribution in [0.15, 0.2) is 0 Å². The SMILES string of the molecule is COCCCCCCOCCOCC(=O)N1CCN(C)CC1. The van der Waals surface area contributed by atoms with Gasteiger partial charge in [-0.15, -0.1) is 0 Å². The third kappa shape index (κ3) is 9.35. The van der Waals surface area contributed by atoms with Crippen LogP contribution in [0, 0.1) is 0 Å². The molecule has 1 rings (SSSR count). The molecule has 0 spiro atoms. The average molecular weight is 316 g/mol. The Bertz CT molecular complexity index is 281. The Morgan fingerprint density at radius 2 is 1.50 bits per heavy atom. The molecule has 1 fully saturated rings. The lowest BCUT2D eigenvalue weighted by Gasteiger charge is -2.32. The second-order valence-electron chi connectivity index (χ2n) is 5.76. The van der Waals surface area contributed by atoms with E-state index in [9.17, 15) is 4.79 Å². The molecule has 22 heavy (non-hydrogen) atoms. The summed E-state index contributed by atoms with van der Waals surface area (Å²) in [5.74, 6) is 0.0891. The maximum Gasteiger partial charge on any atom is 0.248 e. The van der Waals surface area contributed by atoms with E-state index in [0.717, 1.165) is 52.2 Å². The molecule has 0 radical (unpaired) electrons. The van der Waals surface area contributed by atoms with Gasteiger partial charge >= 0.3 is 0 Å². The molecule has 0 aromatic carbocycles. The van der Waals surface area contributed by atoms with E-state index in [1.165, 1.54) is 12.8 Å². The van der Waals surface area contributed by atoms with E-state index < -0.39 is 0 Å². The third-order valence-corrected chi connectivity index (χ3v) is 3.84. The molecule has 0 saturated carbocycles. The highest BCUT2D eigenvalue weighted by Crippen LogP contribution is 2.01. The topological polar surface area (TPSA) is 51.2 Å². The molecule has 0 atom stereocenters. The molecule has 0 unspecified atom stereocenters. The van der Waals surface area contributed by atoms with Crippen LogP contribution in [-0.4, -0.2) is 89.1 Å². The summed E-state index contributed by atoms with van der Waals surface area (Å²) in [4.78, 5) is 16.0. The predicted octanol–water partition coefficient (Wildman–Crippen LogP) is 1.00. The minimum Gasteiger partial charge on any atom is -0.385 e. The number of carbonyl (C=O) groups excluding carboxylic acids is 1. The van der Waals surface area contributed by atoms with Gasteiger partial charge in [-0.2, -0.15) is 0 Å². The van der Waals surface area contributed by atoms with Gasteiger partial charge in [0.2, 0.25) is 5.91 Å². The molecule has 1 aliphatic heterocycles. The number of carbonyl (C=O) groups is 1. The van der Waals surface area contributed by atoms with E-state index in [2.05, 4.69) is 11.9 Å². The maximum atomic E-state index is 11.9. The second-order valence-corrected chi connectivity index (χ2v) is 5.76. The standard InChI is InChI=1S/C16H32N2O4/c1-17-7-9-18(10-8-17)16(19)15-22-14-13-21-12-6-4-3-5-11-20-2/h3-15H2,1-2H3. The maximum absolute atomic E-state index is 11.9. The van der Waals surface area contributed by atoms with Crippen LogP contribution in [0.5, 0.6) is 0 Å². The Morgan fingerprint density at radius 3 is 2.18 bits per heavy atom. The van der Waals surface area contributed by atoms with Crippen LogP contribution in [0.1, 0.15) is 25.7 Å². The van der Waals surface area contributed by atoms with Crippen LogP contribution in [0.25, 0.3) is 0 Å². The minimum atomic E-state index is 0.0891. The number of hydrogen-bond donors (Lipinski definition) is 0. The molecule has 1 aliphatic rings. The summed E-state index contributed by atoms with van der Waals surface area (Å²) < 4.78 is 15.9. The van der Waals surface area contributed by atoms with Crippen molar-refractivity contribution in [2.45, 2.75) is 25.7 Å². The summed E-state index contributed by atoms with van der Waals surface area (Å²) >= 11 is 0. The highest BCUT2D eigenvalue weighted by Gasteiger charge is 2.18. The number of likely N-dealkylation sites (N-methyl/N-ethyl adjacent to an activating group) is 1. The average Bonchev–Trinajstić information content (AvgIpc) is 2.53. The molecular formula is C16H32N2O4. The van der Waals surface area contributed by atoms with Gasteiger partial charge in [-0.3, -0.25) is 4.79 Å². The zero-order chi connectivity index (χ0) is 16.0. The zero-order valence-corrected chi connectivity index (χ0v) is 14.2. The number of hydrogen-bond acceptors (Lipinski definition) is 5. The zero-order valence-electron chi connectivity index (χ0n) is 14.2. The van der Waals surface area contributed by atoms with Crippen LogP contribution < -0.4 is 0 Å². The molecule has 1 heterocycles. The van der Waals surface area contributed by atoms with Gasteiger partial charge < -0.3 is 24.0 Å². The van der Waals surface area contributed by atoms with E-state index in [1.54, 1.807) is 7.11 Å². The van der Waals surface area contributed by atoms with Crippen LogP contribution in [0.3, 0.4) is 0 Å². The van der Waals surface area contributed by atoms with Crippen LogP contribution in [0.4, 0.5) is 0 Å². The van der Waals surface area contributed by atoms with Crippen LogP contribution >= 0.6 is 0 Å². The first-order valence-corrected chi connectivity index (χ1v) is 8.35. The number of amides is 1. The van der Waals surface area contributed by atoms with Gasteiger partial charge in [-0.05, 0) is 19.9 Å². The van der Waals surface area contributed by atoms with E-state index in [4.69, 9.17) is 14.2 Å². The lowest BCUT2D eigenvalue weighted by atomic mass is 10.2. The van der Waals surface area contributed by atoms with Gasteiger partial charge in [0.15, 0.2) is 0 Å². The second kappa shape index (κ2) is 12.8. The molecule has 0 aromatic rings. The lowest BCUT2D eigenvalue weighted by molar-refractivity contribution is -0.138. The van der Waals surface area contributed by atoms with Crippen molar-refractivity contribution in [3.05, 3.63) is 0 Å². The largest absolute Gasteiger partial charge is 0.385 e. The highest BCUT2D eigenvalue weighted by atomic mass is 16.5. The molecular weight excluding hydrogens is 284 g/mol. The molecule has 0 bridgehead atoms. The molecule has 1 saturated heterocycles. The van der Waals surface area contributed by atoms with Crippen LogP contribution in [0.2, 0.25) is 0 Å². The molecule has 0 aromatic heterocycles. The monoisotopic (exact) mass is 316 g/mol. The van der Waals surface area contributed by atoms with E-state index in [0.29, 0.717) is 13.2 Å². The van der Waals surface area contributed by atoms with Gasteiger partial charge in [0.05, 0.1) is 13.2 Å². The Morgan fingerprint density at radius 1 is 0.864 bits per heavy atom. The fourth-order valence-electron chi connectivity index (χ4n) is 2.33. The number of piperazine rings is 1. The van der Waals surface area contributed by atoms with E-state index >= 15 is 0 Å². The molecule has 0 N–H and O–H groups in total. The minimum absolute atomic E-state index is 0.0891. The molecule has 1 amide bonds. The quantitative estimate of drug-likeness (QED) is 0.503. The summed E-state index contributed by atoms with van der Waals surface area (Å²) in [6, 6.07) is 0. The molecule has 130 valence electrons. The van der Waals surface area contributed by atoms with Gasteiger partial charge in [-0.25, -0.2) is 0 Å². The number of ether oxygens (including phenoxy) is 3. The van der Waals surface area contributed by atoms with Crippen molar-refractivity contribution in [3.63, 3.8) is 0 Å². The first-order valence-electron chi connectivity index (χ1n) is 8.35. The summed E-state index contributed by atoms with van der Waals surface area (Å²) in [6.45, 7) is 6.33. The highest BCUT2D eigenvalue weighted by molar-refractivity contribution is 5.77. The predicted molar refractivity (Wildman–Crippen MR) is 86.1 cm³/mol. The van der Waals surface area contributed by atoms with Crippen molar-refractivity contribution in [2.75, 3.05) is 73.4 Å². The Balaban J connectivity index is 1.84. The normalized spacial score (nSPS) is 16.2. The van der Waals surface area contributed by atoms with Crippen molar-refractivity contribution in [2.24, 2.45) is 0 Å². The lowest BCUT2D eigenvalue weighted by Crippen LogP contribution is -2.48. The van der Waals surface area contributed by atoms with Crippen molar-refractivity contribution < 1.29 is 19.0 Å². The van der Waals surface area contributed by atoms with Crippen molar-refractivity contribution in [1.29, 1.82) is 0 Å². The fraction of sp³-hybridized carbons (Fsp3) is 0.938. The van der Waals surface area contributed by atoms with E-state index in [-0.39, 0.29) is 12.5 Å². The van der Waals surface area contributed by atoms with E-state index in [1.807, 2.05) is 4.90 Å². The van der Waals surface area contributed by atoms with Gasteiger partial charge in [-0.1, -0.05) is 12.8 Å². The van der Waals surface area contributed by atoms with Gasteiger partial charge in [0.25, 0.3) is 0 Å². The molecule has 6 heteroatoms. The smallest absolute Gasteiger partial charge is 0.248 e. The van der Waals surface area contributed by atoms with Crippen molar-refractivity contribution >= 4 is 5.91 Å². The van der Waals surface area contributed by atoms with Gasteiger partial charge in [0, 0.05) is 46.5 Å². The summed E-state index contributed by atoms with van der Waals surface area (Å²) in [5, 5.41) is 0. The number of nitrogens with zero attached hydrogens (tertiary/aromatic N) is 2. The van der Waals surface area contributed by atoms with Crippen LogP contribution in [-0.2, 0) is 19.0 Å². The summed E-state index contributed by atoms with van der Waals surface area (Å²) in [6.07, 6.45) is 4.55. The summed E-state index contributed by atoms with van der Waals surface area (Å²) in [5.41, 5.74) is 0. The number of methoxy groups -OCH3 is 1. The van der Waals surface area contributed by atoms with Crippen molar-refractivity contribution in [1.82, 2.24) is 9.80 Å². The van der Waals surface area contributed by atoms with Gasteiger partial charge in [0.1, 0.15) is 6.61 Å².